The van der Waals surface area contributed by atoms with Crippen LogP contribution < -0.4 is 4.74 Å². The molecule has 0 spiro atoms. The molecule has 0 aliphatic heterocycles. The number of phenolic OH excluding ortho intramolecular Hbond substituents is 1. The van der Waals surface area contributed by atoms with Crippen molar-refractivity contribution in [3.63, 3.8) is 0 Å². The summed E-state index contributed by atoms with van der Waals surface area (Å²) in [5.41, 5.74) is 1.07. The fourth-order valence-corrected chi connectivity index (χ4v) is 4.20. The van der Waals surface area contributed by atoms with Gasteiger partial charge in [0.15, 0.2) is 17.5 Å². The summed E-state index contributed by atoms with van der Waals surface area (Å²) in [6.45, 7) is 1.74. The number of ether oxygens (including phenoxy) is 6. The van der Waals surface area contributed by atoms with Crippen molar-refractivity contribution in [2.45, 2.75) is 12.6 Å². The quantitative estimate of drug-likeness (QED) is 0.162. The molecule has 0 bridgehead atoms. The SMILES string of the molecule is COCCOCCOCCOC(=O)C(c1cc(O)c(Oc2ccccc2)c(Br)c1)N(C)C(=O)OCc1ccccc1. The predicted octanol–water partition coefficient (Wildman–Crippen LogP) is 5.48. The highest BCUT2D eigenvalue weighted by molar-refractivity contribution is 9.10. The molecule has 3 aromatic carbocycles. The normalized spacial score (nSPS) is 11.5. The largest absolute Gasteiger partial charge is 0.504 e. The van der Waals surface area contributed by atoms with Gasteiger partial charge in [-0.25, -0.2) is 9.59 Å². The Bertz CT molecular complexity index is 1200. The number of hydrogen-bond acceptors (Lipinski definition) is 9. The number of aromatic hydroxyl groups is 1. The maximum absolute atomic E-state index is 13.3. The number of para-hydroxylation sites is 1. The number of benzene rings is 3. The Balaban J connectivity index is 1.71. The van der Waals surface area contributed by atoms with Crippen LogP contribution in [-0.4, -0.2) is 75.9 Å². The van der Waals surface area contributed by atoms with E-state index in [2.05, 4.69) is 15.9 Å². The number of hydrogen-bond donors (Lipinski definition) is 1. The third-order valence-corrected chi connectivity index (χ3v) is 6.29. The van der Waals surface area contributed by atoms with Gasteiger partial charge in [-0.15, -0.1) is 0 Å². The molecule has 3 rings (SSSR count). The van der Waals surface area contributed by atoms with Crippen LogP contribution >= 0.6 is 15.9 Å². The summed E-state index contributed by atoms with van der Waals surface area (Å²) in [6.07, 6.45) is -0.750. The Morgan fingerprint density at radius 2 is 1.46 bits per heavy atom. The molecule has 0 aliphatic carbocycles. The minimum absolute atomic E-state index is 0.0187. The van der Waals surface area contributed by atoms with Crippen LogP contribution in [0.2, 0.25) is 0 Å². The number of likely N-dealkylation sites (N-methyl/N-ethyl adjacent to an activating group) is 1. The monoisotopic (exact) mass is 631 g/mol. The molecule has 220 valence electrons. The maximum Gasteiger partial charge on any atom is 0.410 e. The van der Waals surface area contributed by atoms with E-state index in [0.717, 1.165) is 10.5 Å². The Morgan fingerprint density at radius 1 is 0.854 bits per heavy atom. The van der Waals surface area contributed by atoms with E-state index in [4.69, 9.17) is 28.4 Å². The number of carbonyl (C=O) groups is 2. The van der Waals surface area contributed by atoms with E-state index in [1.54, 1.807) is 37.4 Å². The number of nitrogens with zero attached hydrogens (tertiary/aromatic N) is 1. The lowest BCUT2D eigenvalue weighted by Gasteiger charge is -2.27. The van der Waals surface area contributed by atoms with Crippen molar-refractivity contribution in [2.24, 2.45) is 0 Å². The van der Waals surface area contributed by atoms with E-state index in [1.165, 1.54) is 13.1 Å². The highest BCUT2D eigenvalue weighted by atomic mass is 79.9. The van der Waals surface area contributed by atoms with Crippen molar-refractivity contribution in [3.8, 4) is 17.2 Å². The second kappa shape index (κ2) is 17.2. The first-order valence-corrected chi connectivity index (χ1v) is 13.7. The number of methoxy groups -OCH3 is 1. The number of phenols is 1. The average molecular weight is 633 g/mol. The number of esters is 1. The van der Waals surface area contributed by atoms with Crippen molar-refractivity contribution >= 4 is 28.0 Å². The molecule has 3 aromatic rings. The van der Waals surface area contributed by atoms with E-state index in [9.17, 15) is 14.7 Å². The van der Waals surface area contributed by atoms with Gasteiger partial charge in [-0.2, -0.15) is 0 Å². The Labute approximate surface area is 247 Å². The maximum atomic E-state index is 13.3. The molecule has 1 atom stereocenters. The van der Waals surface area contributed by atoms with E-state index < -0.39 is 18.1 Å². The van der Waals surface area contributed by atoms with Gasteiger partial charge in [0.2, 0.25) is 0 Å². The highest BCUT2D eigenvalue weighted by Crippen LogP contribution is 2.41. The molecule has 1 unspecified atom stereocenters. The third-order valence-electron chi connectivity index (χ3n) is 5.70. The van der Waals surface area contributed by atoms with Crippen molar-refractivity contribution < 1.29 is 43.1 Å². The van der Waals surface area contributed by atoms with E-state index >= 15 is 0 Å². The van der Waals surface area contributed by atoms with Crippen LogP contribution in [0.25, 0.3) is 0 Å². The zero-order chi connectivity index (χ0) is 29.5. The second-order valence-electron chi connectivity index (χ2n) is 8.70. The van der Waals surface area contributed by atoms with Gasteiger partial charge in [0, 0.05) is 14.2 Å². The van der Waals surface area contributed by atoms with Gasteiger partial charge in [-0.1, -0.05) is 48.5 Å². The predicted molar refractivity (Wildman–Crippen MR) is 154 cm³/mol. The number of amides is 1. The lowest BCUT2D eigenvalue weighted by Crippen LogP contribution is -2.37. The molecule has 0 heterocycles. The molecule has 0 saturated heterocycles. The zero-order valence-electron chi connectivity index (χ0n) is 23.0. The highest BCUT2D eigenvalue weighted by Gasteiger charge is 2.32. The van der Waals surface area contributed by atoms with Crippen LogP contribution in [0.1, 0.15) is 17.2 Å². The molecule has 0 radical (unpaired) electrons. The summed E-state index contributed by atoms with van der Waals surface area (Å²) >= 11 is 3.41. The van der Waals surface area contributed by atoms with Gasteiger partial charge < -0.3 is 33.5 Å². The van der Waals surface area contributed by atoms with Crippen LogP contribution in [0.5, 0.6) is 17.2 Å². The summed E-state index contributed by atoms with van der Waals surface area (Å²) in [5, 5.41) is 10.8. The van der Waals surface area contributed by atoms with Crippen LogP contribution in [0, 0.1) is 0 Å². The zero-order valence-corrected chi connectivity index (χ0v) is 24.6. The van der Waals surface area contributed by atoms with Gasteiger partial charge in [0.25, 0.3) is 0 Å². The summed E-state index contributed by atoms with van der Waals surface area (Å²) in [4.78, 5) is 27.4. The fourth-order valence-electron chi connectivity index (χ4n) is 3.65. The summed E-state index contributed by atoms with van der Waals surface area (Å²) < 4.78 is 32.7. The van der Waals surface area contributed by atoms with E-state index in [0.29, 0.717) is 36.6 Å². The molecular formula is C30H34BrNO9. The minimum Gasteiger partial charge on any atom is -0.504 e. The lowest BCUT2D eigenvalue weighted by atomic mass is 10.1. The van der Waals surface area contributed by atoms with Crippen molar-refractivity contribution in [2.75, 3.05) is 53.8 Å². The molecule has 41 heavy (non-hydrogen) atoms. The molecule has 1 N–H and O–H groups in total. The number of rotatable bonds is 16. The smallest absolute Gasteiger partial charge is 0.410 e. The van der Waals surface area contributed by atoms with Crippen molar-refractivity contribution in [3.05, 3.63) is 88.4 Å². The topological polar surface area (TPSA) is 113 Å². The molecule has 0 saturated carbocycles. The molecule has 0 aliphatic rings. The van der Waals surface area contributed by atoms with E-state index in [1.807, 2.05) is 36.4 Å². The average Bonchev–Trinajstić information content (AvgIpc) is 2.98. The van der Waals surface area contributed by atoms with Crippen molar-refractivity contribution in [1.29, 1.82) is 0 Å². The molecule has 1 amide bonds. The van der Waals surface area contributed by atoms with Gasteiger partial charge in [0.05, 0.1) is 37.5 Å². The molecular weight excluding hydrogens is 598 g/mol. The van der Waals surface area contributed by atoms with Gasteiger partial charge >= 0.3 is 12.1 Å². The molecule has 10 nitrogen and oxygen atoms in total. The lowest BCUT2D eigenvalue weighted by molar-refractivity contribution is -0.151. The van der Waals surface area contributed by atoms with Gasteiger partial charge in [0.1, 0.15) is 19.0 Å². The summed E-state index contributed by atoms with van der Waals surface area (Å²) in [6, 6.07) is 19.8. The van der Waals surface area contributed by atoms with Crippen molar-refractivity contribution in [1.82, 2.24) is 4.90 Å². The summed E-state index contributed by atoms with van der Waals surface area (Å²) in [5.74, 6) is -0.300. The van der Waals surface area contributed by atoms with Crippen LogP contribution in [0.3, 0.4) is 0 Å². The Kier molecular flexibility index (Phi) is 13.4. The first-order valence-electron chi connectivity index (χ1n) is 12.9. The number of carbonyl (C=O) groups excluding carboxylic acids is 2. The summed E-state index contributed by atoms with van der Waals surface area (Å²) in [7, 11) is 3.02. The van der Waals surface area contributed by atoms with Crippen LogP contribution in [0.4, 0.5) is 4.79 Å². The second-order valence-corrected chi connectivity index (χ2v) is 9.56. The third kappa shape index (κ3) is 10.4. The Morgan fingerprint density at radius 3 is 2.10 bits per heavy atom. The van der Waals surface area contributed by atoms with Gasteiger partial charge in [-0.05, 0) is 51.3 Å². The van der Waals surface area contributed by atoms with E-state index in [-0.39, 0.29) is 36.9 Å². The molecule has 0 aromatic heterocycles. The van der Waals surface area contributed by atoms with Crippen LogP contribution in [0.15, 0.2) is 77.3 Å². The Hall–Kier alpha value is -3.64. The first-order chi connectivity index (χ1) is 19.9. The molecule has 0 fully saturated rings. The molecule has 11 heteroatoms. The standard InChI is InChI=1S/C30H34BrNO9/c1-32(30(35)40-21-22-9-5-3-6-10-22)27(29(34)39-18-17-38-16-15-37-14-13-36-2)23-19-25(31)28(26(33)20-23)41-24-11-7-4-8-12-24/h3-12,19-20,27,33H,13-18,21H2,1-2H3. The minimum atomic E-state index is -1.23. The van der Waals surface area contributed by atoms with Gasteiger partial charge in [-0.3, -0.25) is 4.90 Å². The van der Waals surface area contributed by atoms with Crippen LogP contribution in [-0.2, 0) is 35.1 Å². The number of halogens is 1. The first kappa shape index (κ1) is 31.9. The fraction of sp³-hybridized carbons (Fsp3) is 0.333.